The third-order valence-corrected chi connectivity index (χ3v) is 5.46. The second kappa shape index (κ2) is 8.51. The summed E-state index contributed by atoms with van der Waals surface area (Å²) in [6, 6.07) is 19.2. The number of carbonyl (C=O) groups excluding carboxylic acids is 3. The van der Waals surface area contributed by atoms with Crippen LogP contribution in [0.15, 0.2) is 84.4 Å². The van der Waals surface area contributed by atoms with Gasteiger partial charge in [-0.25, -0.2) is 0 Å². The van der Waals surface area contributed by atoms with Gasteiger partial charge in [0.1, 0.15) is 5.76 Å². The average Bonchev–Trinajstić information content (AvgIpc) is 3.09. The number of amides is 1. The van der Waals surface area contributed by atoms with Crippen LogP contribution < -0.4 is 4.90 Å². The van der Waals surface area contributed by atoms with Crippen LogP contribution in [0.5, 0.6) is 0 Å². The summed E-state index contributed by atoms with van der Waals surface area (Å²) < 4.78 is 0. The van der Waals surface area contributed by atoms with Gasteiger partial charge in [-0.15, -0.1) is 0 Å². The molecule has 1 fully saturated rings. The highest BCUT2D eigenvalue weighted by atomic mass is 16.6. The predicted octanol–water partition coefficient (Wildman–Crippen LogP) is 4.42. The van der Waals surface area contributed by atoms with Crippen molar-refractivity contribution in [2.75, 3.05) is 4.90 Å². The first-order valence-electron chi connectivity index (χ1n) is 10.0. The third-order valence-electron chi connectivity index (χ3n) is 5.46. The Morgan fingerprint density at radius 3 is 2.03 bits per heavy atom. The van der Waals surface area contributed by atoms with E-state index in [0.717, 1.165) is 0 Å². The van der Waals surface area contributed by atoms with E-state index in [1.165, 1.54) is 36.1 Å². The predicted molar refractivity (Wildman–Crippen MR) is 121 cm³/mol. The number of anilines is 1. The van der Waals surface area contributed by atoms with Crippen molar-refractivity contribution >= 4 is 34.6 Å². The summed E-state index contributed by atoms with van der Waals surface area (Å²) in [5, 5.41) is 22.0. The minimum atomic E-state index is -0.926. The van der Waals surface area contributed by atoms with Gasteiger partial charge >= 0.3 is 0 Å². The summed E-state index contributed by atoms with van der Waals surface area (Å²) in [5.41, 5.74) is 1.31. The van der Waals surface area contributed by atoms with Crippen molar-refractivity contribution in [1.82, 2.24) is 0 Å². The lowest BCUT2D eigenvalue weighted by atomic mass is 9.95. The van der Waals surface area contributed by atoms with Crippen LogP contribution in [-0.2, 0) is 9.59 Å². The first-order chi connectivity index (χ1) is 15.8. The van der Waals surface area contributed by atoms with Crippen molar-refractivity contribution < 1.29 is 24.4 Å². The monoisotopic (exact) mass is 442 g/mol. The van der Waals surface area contributed by atoms with Gasteiger partial charge in [-0.05, 0) is 48.9 Å². The normalized spacial score (nSPS) is 17.2. The second-order valence-corrected chi connectivity index (χ2v) is 7.49. The highest BCUT2D eigenvalue weighted by molar-refractivity contribution is 6.51. The van der Waals surface area contributed by atoms with Gasteiger partial charge in [-0.1, -0.05) is 30.3 Å². The molecular weight excluding hydrogens is 424 g/mol. The van der Waals surface area contributed by atoms with Gasteiger partial charge in [0.05, 0.1) is 16.5 Å². The van der Waals surface area contributed by atoms with Gasteiger partial charge in [0.2, 0.25) is 0 Å². The molecule has 0 unspecified atom stereocenters. The van der Waals surface area contributed by atoms with Gasteiger partial charge in [-0.3, -0.25) is 29.4 Å². The van der Waals surface area contributed by atoms with Crippen LogP contribution in [0.3, 0.4) is 0 Å². The maximum absolute atomic E-state index is 13.1. The number of ketones is 2. The molecule has 1 aliphatic rings. The Morgan fingerprint density at radius 1 is 0.909 bits per heavy atom. The van der Waals surface area contributed by atoms with E-state index in [9.17, 15) is 29.6 Å². The fraction of sp³-hybridized carbons (Fsp3) is 0.0800. The Morgan fingerprint density at radius 2 is 1.48 bits per heavy atom. The number of non-ortho nitro benzene ring substituents is 1. The van der Waals surface area contributed by atoms with E-state index in [4.69, 9.17) is 0 Å². The molecule has 3 aromatic carbocycles. The molecular formula is C25H18N2O6. The first-order valence-corrected chi connectivity index (χ1v) is 10.0. The van der Waals surface area contributed by atoms with E-state index in [-0.39, 0.29) is 22.6 Å². The number of Topliss-reactive ketones (excluding diaryl/α,β-unsaturated/α-hetero) is 2. The summed E-state index contributed by atoms with van der Waals surface area (Å²) in [5.74, 6) is -2.28. The number of hydrogen-bond acceptors (Lipinski definition) is 6. The standard InChI is InChI=1S/C25H18N2O6/c1-15(28)16-7-11-19(12-8-16)26-22(17-5-3-2-4-6-17)21(24(30)25(26)31)23(29)18-9-13-20(14-10-18)27(32)33/h2-14,22,29H,1H3/b23-21+/t22-/m0/s1. The largest absolute Gasteiger partial charge is 0.507 e. The quantitative estimate of drug-likeness (QED) is 0.156. The molecule has 33 heavy (non-hydrogen) atoms. The lowest BCUT2D eigenvalue weighted by Crippen LogP contribution is -2.29. The molecule has 1 aliphatic heterocycles. The summed E-state index contributed by atoms with van der Waals surface area (Å²) in [4.78, 5) is 49.4. The van der Waals surface area contributed by atoms with E-state index >= 15 is 0 Å². The zero-order chi connectivity index (χ0) is 23.7. The van der Waals surface area contributed by atoms with E-state index < -0.39 is 28.4 Å². The van der Waals surface area contributed by atoms with E-state index in [1.807, 2.05) is 0 Å². The second-order valence-electron chi connectivity index (χ2n) is 7.49. The number of rotatable bonds is 5. The van der Waals surface area contributed by atoms with Crippen LogP contribution in [0.1, 0.15) is 34.5 Å². The number of hydrogen-bond donors (Lipinski definition) is 1. The number of benzene rings is 3. The van der Waals surface area contributed by atoms with Gasteiger partial charge in [-0.2, -0.15) is 0 Å². The van der Waals surface area contributed by atoms with Gasteiger partial charge in [0.15, 0.2) is 5.78 Å². The van der Waals surface area contributed by atoms with Crippen molar-refractivity contribution in [3.63, 3.8) is 0 Å². The molecule has 1 N–H and O–H groups in total. The number of carbonyl (C=O) groups is 3. The Balaban J connectivity index is 1.88. The topological polar surface area (TPSA) is 118 Å². The summed E-state index contributed by atoms with van der Waals surface area (Å²) in [6.07, 6.45) is 0. The summed E-state index contributed by atoms with van der Waals surface area (Å²) in [7, 11) is 0. The molecule has 8 heteroatoms. The van der Waals surface area contributed by atoms with Crippen LogP contribution in [0.25, 0.3) is 5.76 Å². The first kappa shape index (κ1) is 21.6. The van der Waals surface area contributed by atoms with Gasteiger partial charge < -0.3 is 5.11 Å². The molecule has 1 heterocycles. The zero-order valence-electron chi connectivity index (χ0n) is 17.5. The van der Waals surface area contributed by atoms with E-state index in [2.05, 4.69) is 0 Å². The molecule has 4 rings (SSSR count). The van der Waals surface area contributed by atoms with Crippen molar-refractivity contribution in [1.29, 1.82) is 0 Å². The van der Waals surface area contributed by atoms with Gasteiger partial charge in [0, 0.05) is 28.9 Å². The Bertz CT molecular complexity index is 1290. The summed E-state index contributed by atoms with van der Waals surface area (Å²) in [6.45, 7) is 1.43. The van der Waals surface area contributed by atoms with Crippen molar-refractivity contribution in [2.24, 2.45) is 0 Å². The molecule has 0 aliphatic carbocycles. The number of aliphatic hydroxyl groups excluding tert-OH is 1. The molecule has 1 amide bonds. The van der Waals surface area contributed by atoms with Crippen LogP contribution >= 0.6 is 0 Å². The Labute approximate surface area is 188 Å². The van der Waals surface area contributed by atoms with Crippen molar-refractivity contribution in [3.05, 3.63) is 111 Å². The fourth-order valence-corrected chi connectivity index (χ4v) is 3.80. The fourth-order valence-electron chi connectivity index (χ4n) is 3.80. The zero-order valence-corrected chi connectivity index (χ0v) is 17.5. The minimum absolute atomic E-state index is 0.129. The molecule has 0 radical (unpaired) electrons. The Kier molecular flexibility index (Phi) is 5.58. The minimum Gasteiger partial charge on any atom is -0.507 e. The highest BCUT2D eigenvalue weighted by Gasteiger charge is 2.46. The van der Waals surface area contributed by atoms with Crippen LogP contribution in [-0.4, -0.2) is 27.5 Å². The third kappa shape index (κ3) is 3.89. The SMILES string of the molecule is CC(=O)c1ccc(N2C(=O)C(=O)/C(=C(/O)c3ccc([N+](=O)[O-])cc3)[C@@H]2c2ccccc2)cc1. The molecule has 0 bridgehead atoms. The van der Waals surface area contributed by atoms with E-state index in [1.54, 1.807) is 54.6 Å². The number of aliphatic hydroxyl groups is 1. The van der Waals surface area contributed by atoms with Crippen LogP contribution in [0.2, 0.25) is 0 Å². The molecule has 0 spiro atoms. The lowest BCUT2D eigenvalue weighted by Gasteiger charge is -2.25. The van der Waals surface area contributed by atoms with E-state index in [0.29, 0.717) is 16.8 Å². The van der Waals surface area contributed by atoms with Gasteiger partial charge in [0.25, 0.3) is 17.4 Å². The van der Waals surface area contributed by atoms with Crippen molar-refractivity contribution in [3.8, 4) is 0 Å². The molecule has 3 aromatic rings. The van der Waals surface area contributed by atoms with Crippen molar-refractivity contribution in [2.45, 2.75) is 13.0 Å². The molecule has 0 aromatic heterocycles. The lowest BCUT2D eigenvalue weighted by molar-refractivity contribution is -0.384. The van der Waals surface area contributed by atoms with Crippen LogP contribution in [0, 0.1) is 10.1 Å². The molecule has 1 saturated heterocycles. The molecule has 1 atom stereocenters. The summed E-state index contributed by atoms with van der Waals surface area (Å²) >= 11 is 0. The number of nitro benzene ring substituents is 1. The Hall–Kier alpha value is -4.59. The maximum atomic E-state index is 13.1. The number of nitrogens with zero attached hydrogens (tertiary/aromatic N) is 2. The van der Waals surface area contributed by atoms with Crippen LogP contribution in [0.4, 0.5) is 11.4 Å². The highest BCUT2D eigenvalue weighted by Crippen LogP contribution is 2.42. The average molecular weight is 442 g/mol. The molecule has 8 nitrogen and oxygen atoms in total. The number of nitro groups is 1. The molecule has 0 saturated carbocycles. The molecule has 164 valence electrons. The smallest absolute Gasteiger partial charge is 0.300 e. The maximum Gasteiger partial charge on any atom is 0.300 e.